The zero-order chi connectivity index (χ0) is 16.1. The van der Waals surface area contributed by atoms with Crippen molar-refractivity contribution in [1.29, 1.82) is 0 Å². The molecule has 0 bridgehead atoms. The molecule has 0 spiro atoms. The van der Waals surface area contributed by atoms with Gasteiger partial charge in [0.2, 0.25) is 17.8 Å². The Morgan fingerprint density at radius 2 is 2.04 bits per heavy atom. The average Bonchev–Trinajstić information content (AvgIpc) is 3.00. The Labute approximate surface area is 139 Å². The van der Waals surface area contributed by atoms with Crippen molar-refractivity contribution >= 4 is 29.5 Å². The highest BCUT2D eigenvalue weighted by molar-refractivity contribution is 7.99. The Balaban J connectivity index is 1.42. The van der Waals surface area contributed by atoms with Gasteiger partial charge in [0.1, 0.15) is 6.04 Å². The van der Waals surface area contributed by atoms with Crippen LogP contribution in [0.15, 0.2) is 18.5 Å². The predicted molar refractivity (Wildman–Crippen MR) is 88.8 cm³/mol. The molecule has 2 aliphatic rings. The van der Waals surface area contributed by atoms with Crippen molar-refractivity contribution < 1.29 is 9.59 Å². The summed E-state index contributed by atoms with van der Waals surface area (Å²) in [6.45, 7) is 1.02. The molecule has 0 unspecified atom stereocenters. The molecule has 1 aromatic heterocycles. The van der Waals surface area contributed by atoms with Gasteiger partial charge < -0.3 is 15.5 Å². The predicted octanol–water partition coefficient (Wildman–Crippen LogP) is 0.706. The molecule has 1 saturated carbocycles. The fraction of sp³-hybridized carbons (Fsp3) is 0.600. The van der Waals surface area contributed by atoms with Gasteiger partial charge in [0.15, 0.2) is 0 Å². The van der Waals surface area contributed by atoms with Crippen LogP contribution >= 0.6 is 11.8 Å². The lowest BCUT2D eigenvalue weighted by Gasteiger charge is -2.31. The summed E-state index contributed by atoms with van der Waals surface area (Å²) in [6.07, 6.45) is 6.38. The van der Waals surface area contributed by atoms with Gasteiger partial charge in [-0.25, -0.2) is 9.97 Å². The minimum Gasteiger partial charge on any atom is -0.353 e. The first-order valence-corrected chi connectivity index (χ1v) is 9.08. The summed E-state index contributed by atoms with van der Waals surface area (Å²) in [6, 6.07) is 1.42. The normalized spacial score (nSPS) is 20.9. The van der Waals surface area contributed by atoms with Gasteiger partial charge in [0.05, 0.1) is 5.88 Å². The maximum atomic E-state index is 12.4. The highest BCUT2D eigenvalue weighted by Gasteiger charge is 2.38. The number of anilines is 1. The lowest BCUT2D eigenvalue weighted by Crippen LogP contribution is -2.50. The number of hydrogen-bond acceptors (Lipinski definition) is 6. The second-order valence-electron chi connectivity index (χ2n) is 5.74. The van der Waals surface area contributed by atoms with E-state index < -0.39 is 0 Å². The number of amides is 2. The van der Waals surface area contributed by atoms with Gasteiger partial charge in [0, 0.05) is 37.2 Å². The summed E-state index contributed by atoms with van der Waals surface area (Å²) in [5.41, 5.74) is 0. The van der Waals surface area contributed by atoms with Gasteiger partial charge in [-0.1, -0.05) is 6.42 Å². The van der Waals surface area contributed by atoms with Gasteiger partial charge in [-0.15, -0.1) is 11.8 Å². The molecule has 1 atom stereocenters. The number of hydrogen-bond donors (Lipinski definition) is 2. The minimum atomic E-state index is -0.332. The molecule has 2 fully saturated rings. The largest absolute Gasteiger partial charge is 0.353 e. The molecular formula is C15H21N5O2S. The molecule has 23 heavy (non-hydrogen) atoms. The van der Waals surface area contributed by atoms with Crippen molar-refractivity contribution in [2.75, 3.05) is 30.0 Å². The number of carbonyl (C=O) groups excluding carboxylic acids is 2. The summed E-state index contributed by atoms with van der Waals surface area (Å²) >= 11 is 1.64. The van der Waals surface area contributed by atoms with Gasteiger partial charge in [-0.2, -0.15) is 0 Å². The van der Waals surface area contributed by atoms with Gasteiger partial charge in [-0.3, -0.25) is 9.59 Å². The van der Waals surface area contributed by atoms with E-state index in [1.165, 1.54) is 0 Å². The molecule has 0 aromatic carbocycles. The molecule has 3 rings (SSSR count). The Bertz CT molecular complexity index is 552. The van der Waals surface area contributed by atoms with Crippen LogP contribution in [0.4, 0.5) is 5.95 Å². The van der Waals surface area contributed by atoms with Crippen molar-refractivity contribution in [2.45, 2.75) is 25.3 Å². The maximum absolute atomic E-state index is 12.4. The third-order valence-corrected chi connectivity index (χ3v) is 5.21. The Morgan fingerprint density at radius 3 is 2.74 bits per heavy atom. The van der Waals surface area contributed by atoms with Crippen LogP contribution in [0, 0.1) is 5.92 Å². The van der Waals surface area contributed by atoms with Crippen molar-refractivity contribution in [1.82, 2.24) is 20.2 Å². The summed E-state index contributed by atoms with van der Waals surface area (Å²) in [4.78, 5) is 34.5. The first-order valence-electron chi connectivity index (χ1n) is 7.92. The van der Waals surface area contributed by atoms with Crippen LogP contribution in [0.25, 0.3) is 0 Å². The fourth-order valence-electron chi connectivity index (χ4n) is 2.63. The van der Waals surface area contributed by atoms with Crippen LogP contribution < -0.4 is 10.6 Å². The Hall–Kier alpha value is -1.83. The van der Waals surface area contributed by atoms with Gasteiger partial charge in [-0.05, 0) is 18.9 Å². The molecule has 8 heteroatoms. The molecule has 1 aromatic rings. The first kappa shape index (κ1) is 16.0. The summed E-state index contributed by atoms with van der Waals surface area (Å²) < 4.78 is 0. The molecule has 0 radical (unpaired) electrons. The van der Waals surface area contributed by atoms with Crippen LogP contribution in [-0.2, 0) is 9.59 Å². The number of rotatable bonds is 6. The zero-order valence-electron chi connectivity index (χ0n) is 12.9. The highest BCUT2D eigenvalue weighted by atomic mass is 32.2. The van der Waals surface area contributed by atoms with E-state index >= 15 is 0 Å². The third-order valence-electron chi connectivity index (χ3n) is 4.20. The van der Waals surface area contributed by atoms with Crippen molar-refractivity contribution in [3.8, 4) is 0 Å². The van der Waals surface area contributed by atoms with E-state index in [2.05, 4.69) is 20.6 Å². The lowest BCUT2D eigenvalue weighted by atomic mass is 9.84. The van der Waals surface area contributed by atoms with E-state index in [1.54, 1.807) is 35.1 Å². The number of nitrogens with zero attached hydrogens (tertiary/aromatic N) is 3. The molecule has 2 N–H and O–H groups in total. The molecule has 7 nitrogen and oxygen atoms in total. The van der Waals surface area contributed by atoms with E-state index in [9.17, 15) is 9.59 Å². The molecule has 1 aliphatic carbocycles. The smallest absolute Gasteiger partial charge is 0.243 e. The second-order valence-corrected chi connectivity index (χ2v) is 6.74. The van der Waals surface area contributed by atoms with Crippen LogP contribution in [0.1, 0.15) is 19.3 Å². The number of aromatic nitrogens is 2. The highest BCUT2D eigenvalue weighted by Crippen LogP contribution is 2.32. The molecule has 1 aliphatic heterocycles. The minimum absolute atomic E-state index is 0.0709. The number of carbonyl (C=O) groups is 2. The molecule has 2 amide bonds. The Morgan fingerprint density at radius 1 is 1.26 bits per heavy atom. The van der Waals surface area contributed by atoms with Crippen molar-refractivity contribution in [3.05, 3.63) is 18.5 Å². The van der Waals surface area contributed by atoms with Gasteiger partial charge >= 0.3 is 0 Å². The van der Waals surface area contributed by atoms with E-state index in [0.29, 0.717) is 30.7 Å². The second kappa shape index (κ2) is 7.63. The topological polar surface area (TPSA) is 87.2 Å². The standard InChI is InChI=1S/C15H21N5O2S/c21-13(16-7-8-19-15-17-5-2-6-18-15)12-9-23-10-20(12)14(22)11-3-1-4-11/h2,5-6,11-12H,1,3-4,7-10H2,(H,16,21)(H,17,18,19)/t12-/m1/s1. The maximum Gasteiger partial charge on any atom is 0.243 e. The summed E-state index contributed by atoms with van der Waals surface area (Å²) in [5.74, 6) is 2.07. The number of thioether (sulfide) groups is 1. The number of nitrogens with one attached hydrogen (secondary N) is 2. The lowest BCUT2D eigenvalue weighted by molar-refractivity contribution is -0.143. The van der Waals surface area contributed by atoms with Crippen molar-refractivity contribution in [3.63, 3.8) is 0 Å². The van der Waals surface area contributed by atoms with Crippen LogP contribution in [0.5, 0.6) is 0 Å². The Kier molecular flexibility index (Phi) is 5.32. The molecular weight excluding hydrogens is 314 g/mol. The van der Waals surface area contributed by atoms with E-state index in [4.69, 9.17) is 0 Å². The zero-order valence-corrected chi connectivity index (χ0v) is 13.7. The molecule has 2 heterocycles. The SMILES string of the molecule is O=C(NCCNc1ncccn1)[C@H]1CSCN1C(=O)C1CCC1. The summed E-state index contributed by atoms with van der Waals surface area (Å²) in [7, 11) is 0. The molecule has 1 saturated heterocycles. The van der Waals surface area contributed by atoms with Crippen LogP contribution in [0.3, 0.4) is 0 Å². The van der Waals surface area contributed by atoms with Gasteiger partial charge in [0.25, 0.3) is 0 Å². The molecule has 124 valence electrons. The fourth-order valence-corrected chi connectivity index (χ4v) is 3.80. The third kappa shape index (κ3) is 3.93. The van der Waals surface area contributed by atoms with Crippen molar-refractivity contribution in [2.24, 2.45) is 5.92 Å². The van der Waals surface area contributed by atoms with E-state index in [1.807, 2.05) is 0 Å². The van der Waals surface area contributed by atoms with Crippen LogP contribution in [-0.4, -0.2) is 57.4 Å². The monoisotopic (exact) mass is 335 g/mol. The quantitative estimate of drug-likeness (QED) is 0.745. The van der Waals surface area contributed by atoms with Crippen LogP contribution in [0.2, 0.25) is 0 Å². The summed E-state index contributed by atoms with van der Waals surface area (Å²) in [5, 5.41) is 5.93. The van der Waals surface area contributed by atoms with E-state index in [-0.39, 0.29) is 23.8 Å². The first-order chi connectivity index (χ1) is 11.3. The van der Waals surface area contributed by atoms with E-state index in [0.717, 1.165) is 19.3 Å². The average molecular weight is 335 g/mol.